The van der Waals surface area contributed by atoms with Crippen LogP contribution in [-0.4, -0.2) is 49.0 Å². The maximum atomic E-state index is 11.8. The summed E-state index contributed by atoms with van der Waals surface area (Å²) >= 11 is 0. The predicted molar refractivity (Wildman–Crippen MR) is 68.7 cm³/mol. The van der Waals surface area contributed by atoms with Crippen LogP contribution in [-0.2, 0) is 11.3 Å². The third-order valence-electron chi connectivity index (χ3n) is 3.08. The van der Waals surface area contributed by atoms with Crippen LogP contribution in [0.15, 0.2) is 0 Å². The molecule has 1 aromatic heterocycles. The van der Waals surface area contributed by atoms with Gasteiger partial charge in [0, 0.05) is 32.7 Å². The molecule has 2 heterocycles. The van der Waals surface area contributed by atoms with Gasteiger partial charge in [-0.25, -0.2) is 9.48 Å². The number of hydrogen-bond donors (Lipinski definition) is 2. The number of rotatable bonds is 3. The van der Waals surface area contributed by atoms with Crippen molar-refractivity contribution in [2.45, 2.75) is 13.5 Å². The number of aromatic nitrogens is 2. The first kappa shape index (κ1) is 12.7. The lowest BCUT2D eigenvalue weighted by atomic mass is 10.2. The minimum atomic E-state index is -0.430. The smallest absolute Gasteiger partial charge is 0.345 e. The molecule has 7 heteroatoms. The Balaban J connectivity index is 2.40. The monoisotopic (exact) mass is 253 g/mol. The highest BCUT2D eigenvalue weighted by Gasteiger charge is 2.27. The van der Waals surface area contributed by atoms with Crippen LogP contribution < -0.4 is 16.0 Å². The molecule has 0 aromatic carbocycles. The summed E-state index contributed by atoms with van der Waals surface area (Å²) in [6.45, 7) is 5.93. The number of nitrogen functional groups attached to an aromatic ring is 1. The summed E-state index contributed by atoms with van der Waals surface area (Å²) in [4.78, 5) is 13.9. The molecule has 0 atom stereocenters. The summed E-state index contributed by atoms with van der Waals surface area (Å²) in [5.41, 5.74) is 6.33. The van der Waals surface area contributed by atoms with E-state index in [9.17, 15) is 4.79 Å². The topological polar surface area (TPSA) is 85.4 Å². The van der Waals surface area contributed by atoms with Gasteiger partial charge in [0.2, 0.25) is 0 Å². The molecule has 0 spiro atoms. The van der Waals surface area contributed by atoms with Gasteiger partial charge in [-0.2, -0.15) is 5.10 Å². The second-order valence-corrected chi connectivity index (χ2v) is 4.13. The lowest BCUT2D eigenvalue weighted by Gasteiger charge is -2.27. The highest BCUT2D eigenvalue weighted by Crippen LogP contribution is 2.26. The number of methoxy groups -OCH3 is 1. The zero-order valence-electron chi connectivity index (χ0n) is 10.8. The first-order chi connectivity index (χ1) is 8.69. The Labute approximate surface area is 106 Å². The van der Waals surface area contributed by atoms with Crippen molar-refractivity contribution < 1.29 is 9.53 Å². The normalized spacial score (nSPS) is 15.8. The number of anilines is 2. The Hall–Kier alpha value is -1.76. The maximum absolute atomic E-state index is 11.8. The summed E-state index contributed by atoms with van der Waals surface area (Å²) in [5.74, 6) is 0.571. The van der Waals surface area contributed by atoms with E-state index >= 15 is 0 Å². The van der Waals surface area contributed by atoms with E-state index in [1.54, 1.807) is 4.68 Å². The molecule has 1 saturated heterocycles. The molecule has 0 aliphatic carbocycles. The van der Waals surface area contributed by atoms with Crippen molar-refractivity contribution in [3.63, 3.8) is 0 Å². The lowest BCUT2D eigenvalue weighted by Crippen LogP contribution is -2.44. The zero-order valence-corrected chi connectivity index (χ0v) is 10.8. The Morgan fingerprint density at radius 2 is 2.17 bits per heavy atom. The Kier molecular flexibility index (Phi) is 3.71. The van der Waals surface area contributed by atoms with E-state index in [2.05, 4.69) is 15.3 Å². The van der Waals surface area contributed by atoms with Gasteiger partial charge in [0.1, 0.15) is 11.4 Å². The van der Waals surface area contributed by atoms with Gasteiger partial charge in [-0.3, -0.25) is 0 Å². The van der Waals surface area contributed by atoms with Crippen LogP contribution in [0.1, 0.15) is 17.3 Å². The molecule has 3 N–H and O–H groups in total. The quantitative estimate of drug-likeness (QED) is 0.718. The van der Waals surface area contributed by atoms with Crippen molar-refractivity contribution in [2.75, 3.05) is 43.9 Å². The molecule has 0 radical (unpaired) electrons. The summed E-state index contributed by atoms with van der Waals surface area (Å²) in [6.07, 6.45) is 0. The molecule has 0 bridgehead atoms. The minimum absolute atomic E-state index is 0.373. The third kappa shape index (κ3) is 2.13. The summed E-state index contributed by atoms with van der Waals surface area (Å²) in [5, 5.41) is 7.67. The highest BCUT2D eigenvalue weighted by molar-refractivity contribution is 5.99. The SMILES string of the molecule is CCn1nc(N2CCNCC2)c(C(=O)OC)c1N. The number of hydrogen-bond acceptors (Lipinski definition) is 6. The number of ether oxygens (including phenoxy) is 1. The number of carbonyl (C=O) groups excluding carboxylic acids is 1. The largest absolute Gasteiger partial charge is 0.465 e. The fourth-order valence-electron chi connectivity index (χ4n) is 2.10. The van der Waals surface area contributed by atoms with E-state index < -0.39 is 5.97 Å². The van der Waals surface area contributed by atoms with E-state index in [1.807, 2.05) is 6.92 Å². The number of nitrogens with one attached hydrogen (secondary N) is 1. The van der Waals surface area contributed by atoms with Crippen LogP contribution in [0.3, 0.4) is 0 Å². The molecule has 7 nitrogen and oxygen atoms in total. The van der Waals surface area contributed by atoms with E-state index in [0.29, 0.717) is 23.7 Å². The molecule has 18 heavy (non-hydrogen) atoms. The third-order valence-corrected chi connectivity index (χ3v) is 3.08. The highest BCUT2D eigenvalue weighted by atomic mass is 16.5. The van der Waals surface area contributed by atoms with Gasteiger partial charge in [-0.1, -0.05) is 0 Å². The number of nitrogens with zero attached hydrogens (tertiary/aromatic N) is 3. The van der Waals surface area contributed by atoms with E-state index in [-0.39, 0.29) is 0 Å². The van der Waals surface area contributed by atoms with E-state index in [1.165, 1.54) is 7.11 Å². The molecule has 1 aromatic rings. The van der Waals surface area contributed by atoms with Gasteiger partial charge in [0.25, 0.3) is 0 Å². The van der Waals surface area contributed by atoms with Gasteiger partial charge in [-0.05, 0) is 6.92 Å². The number of piperazine rings is 1. The van der Waals surface area contributed by atoms with Gasteiger partial charge < -0.3 is 20.7 Å². The molecule has 0 unspecified atom stereocenters. The molecular formula is C11H19N5O2. The Morgan fingerprint density at radius 3 is 2.72 bits per heavy atom. The predicted octanol–water partition coefficient (Wildman–Crippen LogP) is -0.319. The molecule has 1 aliphatic heterocycles. The average Bonchev–Trinajstić information content (AvgIpc) is 2.76. The number of nitrogens with two attached hydrogens (primary N) is 1. The molecule has 0 saturated carbocycles. The maximum Gasteiger partial charge on any atom is 0.345 e. The Bertz CT molecular complexity index is 437. The second-order valence-electron chi connectivity index (χ2n) is 4.13. The summed E-state index contributed by atoms with van der Waals surface area (Å²) < 4.78 is 6.42. The van der Waals surface area contributed by atoms with Crippen LogP contribution >= 0.6 is 0 Å². The molecule has 0 amide bonds. The standard InChI is InChI=1S/C11H19N5O2/c1-3-16-9(12)8(11(17)18-2)10(14-16)15-6-4-13-5-7-15/h13H,3-7,12H2,1-2H3. The van der Waals surface area contributed by atoms with Crippen molar-refractivity contribution >= 4 is 17.6 Å². The van der Waals surface area contributed by atoms with Crippen molar-refractivity contribution in [1.29, 1.82) is 0 Å². The number of aryl methyl sites for hydroxylation is 1. The minimum Gasteiger partial charge on any atom is -0.465 e. The van der Waals surface area contributed by atoms with Crippen molar-refractivity contribution in [3.05, 3.63) is 5.56 Å². The van der Waals surface area contributed by atoms with Crippen LogP contribution in [0, 0.1) is 0 Å². The molecule has 1 fully saturated rings. The van der Waals surface area contributed by atoms with E-state index in [0.717, 1.165) is 26.2 Å². The van der Waals surface area contributed by atoms with Gasteiger partial charge >= 0.3 is 5.97 Å². The van der Waals surface area contributed by atoms with Crippen molar-refractivity contribution in [1.82, 2.24) is 15.1 Å². The first-order valence-electron chi connectivity index (χ1n) is 6.09. The van der Waals surface area contributed by atoms with Crippen molar-refractivity contribution in [3.8, 4) is 0 Å². The van der Waals surface area contributed by atoms with Gasteiger partial charge in [0.05, 0.1) is 7.11 Å². The molecular weight excluding hydrogens is 234 g/mol. The number of carbonyl (C=O) groups is 1. The fourth-order valence-corrected chi connectivity index (χ4v) is 2.10. The van der Waals surface area contributed by atoms with Gasteiger partial charge in [-0.15, -0.1) is 0 Å². The lowest BCUT2D eigenvalue weighted by molar-refractivity contribution is 0.0602. The van der Waals surface area contributed by atoms with Crippen LogP contribution in [0.4, 0.5) is 11.6 Å². The average molecular weight is 253 g/mol. The van der Waals surface area contributed by atoms with Crippen molar-refractivity contribution in [2.24, 2.45) is 0 Å². The van der Waals surface area contributed by atoms with Crippen LogP contribution in [0.5, 0.6) is 0 Å². The van der Waals surface area contributed by atoms with E-state index in [4.69, 9.17) is 10.5 Å². The summed E-state index contributed by atoms with van der Waals surface area (Å²) in [7, 11) is 1.35. The Morgan fingerprint density at radius 1 is 1.50 bits per heavy atom. The second kappa shape index (κ2) is 5.26. The molecule has 1 aliphatic rings. The number of esters is 1. The van der Waals surface area contributed by atoms with Crippen LogP contribution in [0.2, 0.25) is 0 Å². The summed E-state index contributed by atoms with van der Waals surface area (Å²) in [6, 6.07) is 0. The van der Waals surface area contributed by atoms with Crippen LogP contribution in [0.25, 0.3) is 0 Å². The first-order valence-corrected chi connectivity index (χ1v) is 6.09. The fraction of sp³-hybridized carbons (Fsp3) is 0.636. The molecule has 100 valence electrons. The molecule has 2 rings (SSSR count). The van der Waals surface area contributed by atoms with Gasteiger partial charge in [0.15, 0.2) is 5.82 Å². The zero-order chi connectivity index (χ0) is 13.1.